The fraction of sp³-hybridized carbons (Fsp3) is 1.00. The third kappa shape index (κ3) is 4.55. The molecular weight excluding hydrogens is 224 g/mol. The minimum atomic E-state index is -0.297. The molecule has 2 unspecified atom stereocenters. The quantitative estimate of drug-likeness (QED) is 0.723. The first kappa shape index (κ1) is 16.0. The van der Waals surface area contributed by atoms with Crippen LogP contribution in [0.1, 0.15) is 72.1 Å². The first-order valence-corrected chi connectivity index (χ1v) is 7.73. The Morgan fingerprint density at radius 2 is 1.56 bits per heavy atom. The predicted molar refractivity (Wildman–Crippen MR) is 76.7 cm³/mol. The molecule has 0 aromatic carbocycles. The third-order valence-corrected chi connectivity index (χ3v) is 4.46. The molecule has 2 atom stereocenters. The molecule has 0 bridgehead atoms. The van der Waals surface area contributed by atoms with Crippen molar-refractivity contribution in [3.8, 4) is 0 Å². The van der Waals surface area contributed by atoms with Gasteiger partial charge in [-0.25, -0.2) is 0 Å². The Morgan fingerprint density at radius 3 is 2.00 bits per heavy atom. The van der Waals surface area contributed by atoms with Crippen LogP contribution in [-0.2, 0) is 4.74 Å². The number of hydrogen-bond acceptors (Lipinski definition) is 2. The van der Waals surface area contributed by atoms with Crippen molar-refractivity contribution in [2.75, 3.05) is 7.11 Å². The lowest BCUT2D eigenvalue weighted by Crippen LogP contribution is -2.44. The van der Waals surface area contributed by atoms with E-state index in [1.165, 1.54) is 32.1 Å². The summed E-state index contributed by atoms with van der Waals surface area (Å²) in [6, 6.07) is 0. The Kier molecular flexibility index (Phi) is 6.65. The predicted octanol–water partition coefficient (Wildman–Crippen LogP) is 4.16. The second kappa shape index (κ2) is 7.49. The molecule has 2 nitrogen and oxygen atoms in total. The average molecular weight is 256 g/mol. The highest BCUT2D eigenvalue weighted by Crippen LogP contribution is 2.35. The summed E-state index contributed by atoms with van der Waals surface area (Å²) in [4.78, 5) is 0. The zero-order valence-corrected chi connectivity index (χ0v) is 12.7. The topological polar surface area (TPSA) is 29.5 Å². The highest BCUT2D eigenvalue weighted by molar-refractivity contribution is 4.90. The van der Waals surface area contributed by atoms with Crippen molar-refractivity contribution >= 4 is 0 Å². The van der Waals surface area contributed by atoms with Gasteiger partial charge >= 0.3 is 0 Å². The normalized spacial score (nSPS) is 23.7. The van der Waals surface area contributed by atoms with Crippen molar-refractivity contribution in [2.45, 2.75) is 83.8 Å². The van der Waals surface area contributed by atoms with Crippen LogP contribution in [0.15, 0.2) is 0 Å². The molecule has 1 aliphatic carbocycles. The molecule has 1 rings (SSSR count). The Balaban J connectivity index is 2.56. The molecule has 0 heterocycles. The van der Waals surface area contributed by atoms with Gasteiger partial charge in [0.1, 0.15) is 0 Å². The summed E-state index contributed by atoms with van der Waals surface area (Å²) >= 11 is 0. The van der Waals surface area contributed by atoms with Crippen LogP contribution in [-0.4, -0.2) is 23.9 Å². The van der Waals surface area contributed by atoms with Crippen LogP contribution < -0.4 is 0 Å². The Hall–Kier alpha value is -0.0800. The van der Waals surface area contributed by atoms with Gasteiger partial charge in [-0.2, -0.15) is 0 Å². The maximum atomic E-state index is 10.6. The molecular formula is C16H32O2. The van der Waals surface area contributed by atoms with Crippen molar-refractivity contribution in [1.29, 1.82) is 0 Å². The Morgan fingerprint density at radius 1 is 1.00 bits per heavy atom. The van der Waals surface area contributed by atoms with Crippen LogP contribution in [0.4, 0.5) is 0 Å². The highest BCUT2D eigenvalue weighted by Gasteiger charge is 2.38. The van der Waals surface area contributed by atoms with E-state index in [4.69, 9.17) is 4.74 Å². The molecule has 0 aromatic rings. The fourth-order valence-corrected chi connectivity index (χ4v) is 3.50. The summed E-state index contributed by atoms with van der Waals surface area (Å²) in [6.07, 6.45) is 8.81. The lowest BCUT2D eigenvalue weighted by Gasteiger charge is -2.37. The number of methoxy groups -OCH3 is 1. The first-order chi connectivity index (χ1) is 8.50. The van der Waals surface area contributed by atoms with E-state index in [0.717, 1.165) is 19.3 Å². The highest BCUT2D eigenvalue weighted by atomic mass is 16.5. The Bertz CT molecular complexity index is 217. The molecule has 1 saturated carbocycles. The molecule has 1 N–H and O–H groups in total. The lowest BCUT2D eigenvalue weighted by atomic mass is 9.82. The monoisotopic (exact) mass is 256 g/mol. The average Bonchev–Trinajstić information content (AvgIpc) is 2.53. The van der Waals surface area contributed by atoms with Gasteiger partial charge in [-0.15, -0.1) is 0 Å². The van der Waals surface area contributed by atoms with Gasteiger partial charge in [0, 0.05) is 7.11 Å². The van der Waals surface area contributed by atoms with E-state index in [1.54, 1.807) is 7.11 Å². The van der Waals surface area contributed by atoms with E-state index < -0.39 is 0 Å². The molecule has 0 aliphatic heterocycles. The van der Waals surface area contributed by atoms with Crippen LogP contribution in [0.3, 0.4) is 0 Å². The molecule has 1 aliphatic rings. The van der Waals surface area contributed by atoms with Crippen LogP contribution in [0.2, 0.25) is 0 Å². The van der Waals surface area contributed by atoms with Gasteiger partial charge in [0.15, 0.2) is 0 Å². The van der Waals surface area contributed by atoms with Crippen LogP contribution in [0, 0.1) is 11.8 Å². The van der Waals surface area contributed by atoms with Gasteiger partial charge in [0.05, 0.1) is 11.7 Å². The number of ether oxygens (including phenoxy) is 1. The van der Waals surface area contributed by atoms with E-state index in [-0.39, 0.29) is 11.7 Å². The molecule has 1 fully saturated rings. The third-order valence-electron chi connectivity index (χ3n) is 4.46. The summed E-state index contributed by atoms with van der Waals surface area (Å²) in [6.45, 7) is 6.75. The fourth-order valence-electron chi connectivity index (χ4n) is 3.50. The van der Waals surface area contributed by atoms with E-state index in [0.29, 0.717) is 11.8 Å². The summed E-state index contributed by atoms with van der Waals surface area (Å²) in [7, 11) is 1.78. The smallest absolute Gasteiger partial charge is 0.0936 e. The summed E-state index contributed by atoms with van der Waals surface area (Å²) in [5.41, 5.74) is -0.262. The Labute approximate surface area is 113 Å². The van der Waals surface area contributed by atoms with Crippen LogP contribution in [0.5, 0.6) is 0 Å². The van der Waals surface area contributed by atoms with Gasteiger partial charge in [-0.3, -0.25) is 0 Å². The zero-order chi connectivity index (χ0) is 13.6. The standard InChI is InChI=1S/C16H32O2/c1-13(2)11-14(3)12-15(17)16(18-4)9-7-5-6-8-10-16/h13-15,17H,5-12H2,1-4H3. The molecule has 108 valence electrons. The second-order valence-corrected chi connectivity index (χ2v) is 6.67. The maximum Gasteiger partial charge on any atom is 0.0936 e. The molecule has 0 aromatic heterocycles. The van der Waals surface area contributed by atoms with Crippen LogP contribution >= 0.6 is 0 Å². The molecule has 2 heteroatoms. The van der Waals surface area contributed by atoms with Gasteiger partial charge < -0.3 is 9.84 Å². The maximum absolute atomic E-state index is 10.6. The number of hydrogen-bond donors (Lipinski definition) is 1. The molecule has 0 spiro atoms. The van der Waals surface area contributed by atoms with E-state index in [9.17, 15) is 5.11 Å². The number of aliphatic hydroxyl groups excluding tert-OH is 1. The molecule has 0 amide bonds. The van der Waals surface area contributed by atoms with E-state index >= 15 is 0 Å². The van der Waals surface area contributed by atoms with Gasteiger partial charge in [-0.1, -0.05) is 46.5 Å². The number of rotatable bonds is 6. The minimum absolute atomic E-state index is 0.262. The molecule has 0 radical (unpaired) electrons. The molecule has 18 heavy (non-hydrogen) atoms. The van der Waals surface area contributed by atoms with Crippen molar-refractivity contribution in [2.24, 2.45) is 11.8 Å². The lowest BCUT2D eigenvalue weighted by molar-refractivity contribution is -0.118. The van der Waals surface area contributed by atoms with Crippen molar-refractivity contribution < 1.29 is 9.84 Å². The van der Waals surface area contributed by atoms with Crippen molar-refractivity contribution in [3.63, 3.8) is 0 Å². The summed E-state index contributed by atoms with van der Waals surface area (Å²) < 4.78 is 5.78. The molecule has 0 saturated heterocycles. The number of aliphatic hydroxyl groups is 1. The summed E-state index contributed by atoms with van der Waals surface area (Å²) in [5.74, 6) is 1.29. The first-order valence-electron chi connectivity index (χ1n) is 7.73. The van der Waals surface area contributed by atoms with E-state index in [1.807, 2.05) is 0 Å². The SMILES string of the molecule is COC1(C(O)CC(C)CC(C)C)CCCCCC1. The zero-order valence-electron chi connectivity index (χ0n) is 12.7. The van der Waals surface area contributed by atoms with Crippen molar-refractivity contribution in [3.05, 3.63) is 0 Å². The van der Waals surface area contributed by atoms with Gasteiger partial charge in [0.25, 0.3) is 0 Å². The van der Waals surface area contributed by atoms with Crippen LogP contribution in [0.25, 0.3) is 0 Å². The van der Waals surface area contributed by atoms with Gasteiger partial charge in [-0.05, 0) is 37.5 Å². The largest absolute Gasteiger partial charge is 0.390 e. The van der Waals surface area contributed by atoms with Gasteiger partial charge in [0.2, 0.25) is 0 Å². The van der Waals surface area contributed by atoms with Crippen molar-refractivity contribution in [1.82, 2.24) is 0 Å². The second-order valence-electron chi connectivity index (χ2n) is 6.67. The van der Waals surface area contributed by atoms with E-state index in [2.05, 4.69) is 20.8 Å². The summed E-state index contributed by atoms with van der Waals surface area (Å²) in [5, 5.41) is 10.6. The minimum Gasteiger partial charge on any atom is -0.390 e.